The number of thiophene rings is 1. The summed E-state index contributed by atoms with van der Waals surface area (Å²) in [5.41, 5.74) is 1.18. The van der Waals surface area contributed by atoms with Crippen LogP contribution in [0, 0.1) is 6.92 Å². The fraction of sp³-hybridized carbons (Fsp3) is 0.250. The lowest BCUT2D eigenvalue weighted by Crippen LogP contribution is -2.12. The van der Waals surface area contributed by atoms with Gasteiger partial charge in [0.1, 0.15) is 5.15 Å². The van der Waals surface area contributed by atoms with Gasteiger partial charge in [-0.05, 0) is 38.0 Å². The van der Waals surface area contributed by atoms with E-state index in [-0.39, 0.29) is 11.1 Å². The van der Waals surface area contributed by atoms with Crippen LogP contribution in [0.1, 0.15) is 39.9 Å². The van der Waals surface area contributed by atoms with Gasteiger partial charge in [-0.1, -0.05) is 11.6 Å². The first-order chi connectivity index (χ1) is 11.6. The number of hydrogen-bond acceptors (Lipinski definition) is 6. The maximum absolute atomic E-state index is 12.3. The Hall–Kier alpha value is -2.25. The van der Waals surface area contributed by atoms with Gasteiger partial charge in [-0.2, -0.15) is 0 Å². The average molecular weight is 361 g/mol. The molecule has 1 aliphatic carbocycles. The lowest BCUT2D eigenvalue weighted by Gasteiger charge is -2.04. The maximum Gasteiger partial charge on any atom is 0.257 e. The third-order valence-corrected chi connectivity index (χ3v) is 4.98. The van der Waals surface area contributed by atoms with Crippen molar-refractivity contribution in [2.75, 3.05) is 5.32 Å². The zero-order valence-electron chi connectivity index (χ0n) is 12.7. The van der Waals surface area contributed by atoms with E-state index in [1.807, 2.05) is 13.0 Å². The highest BCUT2D eigenvalue weighted by Crippen LogP contribution is 2.41. The smallest absolute Gasteiger partial charge is 0.257 e. The molecule has 1 N–H and O–H groups in total. The molecule has 4 rings (SSSR count). The number of aryl methyl sites for hydroxylation is 1. The van der Waals surface area contributed by atoms with Gasteiger partial charge in [0, 0.05) is 22.6 Å². The minimum Gasteiger partial charge on any atom is -0.420 e. The molecule has 0 saturated heterocycles. The zero-order valence-corrected chi connectivity index (χ0v) is 14.3. The predicted molar refractivity (Wildman–Crippen MR) is 91.5 cm³/mol. The largest absolute Gasteiger partial charge is 0.420 e. The molecule has 0 unspecified atom stereocenters. The molecule has 3 aromatic heterocycles. The number of nitrogens with zero attached hydrogens (tertiary/aromatic N) is 3. The van der Waals surface area contributed by atoms with Crippen LogP contribution in [0.3, 0.4) is 0 Å². The first-order valence-corrected chi connectivity index (χ1v) is 8.66. The van der Waals surface area contributed by atoms with Crippen LogP contribution in [0.2, 0.25) is 5.15 Å². The summed E-state index contributed by atoms with van der Waals surface area (Å²) in [6, 6.07) is 4.99. The van der Waals surface area contributed by atoms with Crippen molar-refractivity contribution in [1.29, 1.82) is 0 Å². The summed E-state index contributed by atoms with van der Waals surface area (Å²) < 4.78 is 5.72. The molecule has 3 aromatic rings. The van der Waals surface area contributed by atoms with Crippen LogP contribution in [0.25, 0.3) is 10.8 Å². The van der Waals surface area contributed by atoms with Crippen LogP contribution in [-0.2, 0) is 0 Å². The molecule has 0 aromatic carbocycles. The van der Waals surface area contributed by atoms with E-state index in [0.29, 0.717) is 23.3 Å². The van der Waals surface area contributed by atoms with Gasteiger partial charge in [-0.25, -0.2) is 4.98 Å². The fourth-order valence-electron chi connectivity index (χ4n) is 2.28. The molecule has 0 atom stereocenters. The Labute approximate surface area is 146 Å². The normalized spacial score (nSPS) is 13.9. The second-order valence-corrected chi connectivity index (χ2v) is 7.27. The van der Waals surface area contributed by atoms with E-state index >= 15 is 0 Å². The third-order valence-electron chi connectivity index (χ3n) is 3.73. The van der Waals surface area contributed by atoms with Crippen molar-refractivity contribution in [3.8, 4) is 10.8 Å². The van der Waals surface area contributed by atoms with E-state index in [2.05, 4.69) is 20.5 Å². The Bertz CT molecular complexity index is 916. The number of hydrogen-bond donors (Lipinski definition) is 1. The molecular weight excluding hydrogens is 348 g/mol. The van der Waals surface area contributed by atoms with Gasteiger partial charge in [-0.15, -0.1) is 21.5 Å². The highest BCUT2D eigenvalue weighted by Gasteiger charge is 2.29. The van der Waals surface area contributed by atoms with Crippen LogP contribution < -0.4 is 5.32 Å². The van der Waals surface area contributed by atoms with Crippen molar-refractivity contribution in [2.45, 2.75) is 25.7 Å². The Kier molecular flexibility index (Phi) is 3.82. The Morgan fingerprint density at radius 3 is 2.96 bits per heavy atom. The van der Waals surface area contributed by atoms with Gasteiger partial charge in [0.05, 0.1) is 10.6 Å². The number of halogens is 1. The third kappa shape index (κ3) is 3.05. The second kappa shape index (κ2) is 5.99. The number of nitrogens with one attached hydrogen (secondary N) is 1. The SMILES string of the molecule is Cc1sc(-c2nnc(C3CC3)o2)cc1NC(=O)c1ccnc(Cl)c1. The molecule has 6 nitrogen and oxygen atoms in total. The van der Waals surface area contributed by atoms with Crippen LogP contribution in [-0.4, -0.2) is 21.1 Å². The minimum atomic E-state index is -0.240. The average Bonchev–Trinajstić information content (AvgIpc) is 3.18. The van der Waals surface area contributed by atoms with E-state index in [1.165, 1.54) is 23.6 Å². The standard InChI is InChI=1S/C16H13ClN4O2S/c1-8-11(19-14(22)10-4-5-18-13(17)6-10)7-12(24-8)16-21-20-15(23-16)9-2-3-9/h4-7,9H,2-3H2,1H3,(H,19,22). The Balaban J connectivity index is 1.55. The molecule has 122 valence electrons. The van der Waals surface area contributed by atoms with Crippen LogP contribution >= 0.6 is 22.9 Å². The summed E-state index contributed by atoms with van der Waals surface area (Å²) in [7, 11) is 0. The lowest BCUT2D eigenvalue weighted by molar-refractivity contribution is 0.102. The van der Waals surface area contributed by atoms with Crippen molar-refractivity contribution >= 4 is 34.5 Å². The molecule has 1 saturated carbocycles. The van der Waals surface area contributed by atoms with Crippen LogP contribution in [0.15, 0.2) is 28.8 Å². The minimum absolute atomic E-state index is 0.240. The van der Waals surface area contributed by atoms with Crippen molar-refractivity contribution < 1.29 is 9.21 Å². The molecule has 0 radical (unpaired) electrons. The highest BCUT2D eigenvalue weighted by molar-refractivity contribution is 7.15. The molecule has 1 fully saturated rings. The van der Waals surface area contributed by atoms with Gasteiger partial charge in [-0.3, -0.25) is 4.79 Å². The molecule has 3 heterocycles. The van der Waals surface area contributed by atoms with Crippen molar-refractivity contribution in [3.63, 3.8) is 0 Å². The first kappa shape index (κ1) is 15.3. The summed E-state index contributed by atoms with van der Waals surface area (Å²) >= 11 is 7.33. The summed E-state index contributed by atoms with van der Waals surface area (Å²) in [5.74, 6) is 1.38. The van der Waals surface area contributed by atoms with E-state index in [1.54, 1.807) is 6.07 Å². The molecule has 1 aliphatic rings. The van der Waals surface area contributed by atoms with Crippen LogP contribution in [0.5, 0.6) is 0 Å². The highest BCUT2D eigenvalue weighted by atomic mass is 35.5. The number of rotatable bonds is 4. The van der Waals surface area contributed by atoms with Gasteiger partial charge in [0.2, 0.25) is 5.89 Å². The van der Waals surface area contributed by atoms with Crippen molar-refractivity contribution in [2.24, 2.45) is 0 Å². The number of carbonyl (C=O) groups is 1. The fourth-order valence-corrected chi connectivity index (χ4v) is 3.35. The van der Waals surface area contributed by atoms with Crippen LogP contribution in [0.4, 0.5) is 5.69 Å². The van der Waals surface area contributed by atoms with Crippen molar-refractivity contribution in [3.05, 3.63) is 45.9 Å². The second-order valence-electron chi connectivity index (χ2n) is 5.62. The van der Waals surface area contributed by atoms with E-state index in [9.17, 15) is 4.79 Å². The Morgan fingerprint density at radius 2 is 2.21 bits per heavy atom. The maximum atomic E-state index is 12.3. The number of amides is 1. The van der Waals surface area contributed by atoms with Crippen molar-refractivity contribution in [1.82, 2.24) is 15.2 Å². The monoisotopic (exact) mass is 360 g/mol. The van der Waals surface area contributed by atoms with Gasteiger partial charge >= 0.3 is 0 Å². The molecule has 1 amide bonds. The Morgan fingerprint density at radius 1 is 1.38 bits per heavy atom. The first-order valence-electron chi connectivity index (χ1n) is 7.47. The summed E-state index contributed by atoms with van der Waals surface area (Å²) in [5, 5.41) is 11.4. The molecule has 0 spiro atoms. The lowest BCUT2D eigenvalue weighted by atomic mass is 10.2. The predicted octanol–water partition coefficient (Wildman–Crippen LogP) is 4.28. The van der Waals surface area contributed by atoms with E-state index < -0.39 is 0 Å². The number of anilines is 1. The molecule has 8 heteroatoms. The summed E-state index contributed by atoms with van der Waals surface area (Å²) in [6.45, 7) is 1.93. The van der Waals surface area contributed by atoms with Gasteiger partial charge in [0.15, 0.2) is 0 Å². The molecule has 0 aliphatic heterocycles. The van der Waals surface area contributed by atoms with Gasteiger partial charge < -0.3 is 9.73 Å². The molecular formula is C16H13ClN4O2S. The molecule has 24 heavy (non-hydrogen) atoms. The van der Waals surface area contributed by atoms with E-state index in [0.717, 1.165) is 28.3 Å². The molecule has 0 bridgehead atoms. The number of carbonyl (C=O) groups excluding carboxylic acids is 1. The number of aromatic nitrogens is 3. The zero-order chi connectivity index (χ0) is 16.7. The number of pyridine rings is 1. The van der Waals surface area contributed by atoms with Gasteiger partial charge in [0.25, 0.3) is 11.8 Å². The topological polar surface area (TPSA) is 80.9 Å². The van der Waals surface area contributed by atoms with E-state index in [4.69, 9.17) is 16.0 Å². The summed E-state index contributed by atoms with van der Waals surface area (Å²) in [4.78, 5) is 18.0. The summed E-state index contributed by atoms with van der Waals surface area (Å²) in [6.07, 6.45) is 3.73. The quantitative estimate of drug-likeness (QED) is 0.702.